The van der Waals surface area contributed by atoms with Crippen LogP contribution >= 0.6 is 23.4 Å². The second kappa shape index (κ2) is 5.32. The van der Waals surface area contributed by atoms with Gasteiger partial charge in [-0.15, -0.1) is 11.8 Å². The molecule has 14 heavy (non-hydrogen) atoms. The largest absolute Gasteiger partial charge is 0.398 e. The first-order chi connectivity index (χ1) is 6.59. The van der Waals surface area contributed by atoms with E-state index < -0.39 is 0 Å². The predicted octanol–water partition coefficient (Wildman–Crippen LogP) is 3.98. The lowest BCUT2D eigenvalue weighted by atomic mass is 10.3. The van der Waals surface area contributed by atoms with Gasteiger partial charge in [-0.05, 0) is 32.0 Å². The summed E-state index contributed by atoms with van der Waals surface area (Å²) in [6.07, 6.45) is 2.18. The number of hydrogen-bond acceptors (Lipinski definition) is 2. The average Bonchev–Trinajstić information content (AvgIpc) is 2.08. The van der Waals surface area contributed by atoms with Gasteiger partial charge in [-0.25, -0.2) is 0 Å². The number of rotatable bonds is 3. The van der Waals surface area contributed by atoms with Gasteiger partial charge in [0.15, 0.2) is 0 Å². The van der Waals surface area contributed by atoms with Crippen LogP contribution in [0.1, 0.15) is 13.8 Å². The number of hydrogen-bond donors (Lipinski definition) is 1. The second-order valence-corrected chi connectivity index (χ2v) is 4.77. The number of thioether (sulfide) groups is 1. The van der Waals surface area contributed by atoms with Crippen molar-refractivity contribution in [2.24, 2.45) is 0 Å². The van der Waals surface area contributed by atoms with Crippen LogP contribution in [0.2, 0.25) is 5.02 Å². The Balaban J connectivity index is 2.64. The van der Waals surface area contributed by atoms with Crippen LogP contribution in [0.4, 0.5) is 5.69 Å². The maximum absolute atomic E-state index is 5.81. The molecule has 0 amide bonds. The number of benzene rings is 1. The Hall–Kier alpha value is -0.600. The summed E-state index contributed by atoms with van der Waals surface area (Å²) in [5.41, 5.74) is 7.89. The lowest BCUT2D eigenvalue weighted by Crippen LogP contribution is -1.88. The van der Waals surface area contributed by atoms with E-state index >= 15 is 0 Å². The van der Waals surface area contributed by atoms with Crippen LogP contribution in [0.5, 0.6) is 0 Å². The summed E-state index contributed by atoms with van der Waals surface area (Å²) >= 11 is 7.52. The van der Waals surface area contributed by atoms with Crippen molar-refractivity contribution in [3.63, 3.8) is 0 Å². The van der Waals surface area contributed by atoms with Gasteiger partial charge >= 0.3 is 0 Å². The van der Waals surface area contributed by atoms with Crippen LogP contribution in [0, 0.1) is 0 Å². The number of anilines is 1. The smallest absolute Gasteiger partial charge is 0.0467 e. The molecule has 0 aromatic heterocycles. The first-order valence-electron chi connectivity index (χ1n) is 4.41. The molecule has 2 N–H and O–H groups in total. The van der Waals surface area contributed by atoms with Gasteiger partial charge in [-0.3, -0.25) is 0 Å². The zero-order valence-electron chi connectivity index (χ0n) is 8.38. The van der Waals surface area contributed by atoms with Crippen molar-refractivity contribution in [1.82, 2.24) is 0 Å². The van der Waals surface area contributed by atoms with Gasteiger partial charge in [0.05, 0.1) is 0 Å². The van der Waals surface area contributed by atoms with Crippen LogP contribution in [0.25, 0.3) is 0 Å². The first kappa shape index (κ1) is 11.5. The van der Waals surface area contributed by atoms with Crippen molar-refractivity contribution in [2.45, 2.75) is 18.7 Å². The molecule has 0 bridgehead atoms. The minimum Gasteiger partial charge on any atom is -0.398 e. The number of halogens is 1. The zero-order valence-corrected chi connectivity index (χ0v) is 9.95. The Bertz CT molecular complexity index is 343. The molecule has 0 saturated heterocycles. The van der Waals surface area contributed by atoms with Crippen molar-refractivity contribution in [3.8, 4) is 0 Å². The lowest BCUT2D eigenvalue weighted by molar-refractivity contribution is 1.36. The standard InChI is InChI=1S/C11H14ClNS/c1-8(2)5-6-14-11-4-3-9(12)7-10(11)13/h3-5,7H,6,13H2,1-2H3. The van der Waals surface area contributed by atoms with E-state index in [-0.39, 0.29) is 0 Å². The molecule has 76 valence electrons. The van der Waals surface area contributed by atoms with Crippen LogP contribution in [-0.4, -0.2) is 5.75 Å². The Morgan fingerprint density at radius 3 is 2.79 bits per heavy atom. The van der Waals surface area contributed by atoms with E-state index in [0.29, 0.717) is 5.02 Å². The molecule has 0 fully saturated rings. The van der Waals surface area contributed by atoms with Gasteiger partial charge in [0.25, 0.3) is 0 Å². The SMILES string of the molecule is CC(C)=CCSc1ccc(Cl)cc1N. The third-order valence-corrected chi connectivity index (χ3v) is 2.95. The molecular formula is C11H14ClNS. The predicted molar refractivity (Wildman–Crippen MR) is 66.0 cm³/mol. The highest BCUT2D eigenvalue weighted by atomic mass is 35.5. The van der Waals surface area contributed by atoms with Crippen LogP contribution in [0.3, 0.4) is 0 Å². The molecule has 1 aromatic rings. The Morgan fingerprint density at radius 2 is 2.21 bits per heavy atom. The highest BCUT2D eigenvalue weighted by molar-refractivity contribution is 7.99. The maximum Gasteiger partial charge on any atom is 0.0467 e. The number of nitrogens with two attached hydrogens (primary N) is 1. The quantitative estimate of drug-likeness (QED) is 0.480. The van der Waals surface area contributed by atoms with Crippen molar-refractivity contribution >= 4 is 29.1 Å². The summed E-state index contributed by atoms with van der Waals surface area (Å²) in [5, 5.41) is 0.689. The second-order valence-electron chi connectivity index (χ2n) is 3.27. The third-order valence-electron chi connectivity index (χ3n) is 1.70. The van der Waals surface area contributed by atoms with Crippen LogP contribution < -0.4 is 5.73 Å². The molecule has 0 saturated carbocycles. The molecule has 0 unspecified atom stereocenters. The minimum atomic E-state index is 0.689. The Kier molecular flexibility index (Phi) is 4.36. The molecule has 1 aromatic carbocycles. The summed E-state index contributed by atoms with van der Waals surface area (Å²) in [4.78, 5) is 1.09. The van der Waals surface area contributed by atoms with E-state index in [4.69, 9.17) is 17.3 Å². The summed E-state index contributed by atoms with van der Waals surface area (Å²) in [5.74, 6) is 0.953. The average molecular weight is 228 g/mol. The molecule has 1 rings (SSSR count). The molecule has 3 heteroatoms. The molecule has 0 radical (unpaired) electrons. The first-order valence-corrected chi connectivity index (χ1v) is 5.77. The van der Waals surface area contributed by atoms with Gasteiger partial charge in [0.2, 0.25) is 0 Å². The molecule has 0 spiro atoms. The fraction of sp³-hybridized carbons (Fsp3) is 0.273. The van der Waals surface area contributed by atoms with E-state index in [1.165, 1.54) is 5.57 Å². The van der Waals surface area contributed by atoms with Gasteiger partial charge in [0.1, 0.15) is 0 Å². The Morgan fingerprint density at radius 1 is 1.50 bits per heavy atom. The summed E-state index contributed by atoms with van der Waals surface area (Å²) in [6, 6.07) is 5.61. The van der Waals surface area contributed by atoms with E-state index in [2.05, 4.69) is 19.9 Å². The normalized spacial score (nSPS) is 9.93. The minimum absolute atomic E-state index is 0.689. The molecule has 0 aliphatic heterocycles. The highest BCUT2D eigenvalue weighted by Gasteiger charge is 1.99. The fourth-order valence-corrected chi connectivity index (χ4v) is 2.12. The molecule has 1 nitrogen and oxygen atoms in total. The molecule has 0 heterocycles. The van der Waals surface area contributed by atoms with Crippen LogP contribution in [0.15, 0.2) is 34.7 Å². The van der Waals surface area contributed by atoms with Gasteiger partial charge in [-0.2, -0.15) is 0 Å². The van der Waals surface area contributed by atoms with E-state index in [1.54, 1.807) is 17.8 Å². The topological polar surface area (TPSA) is 26.0 Å². The van der Waals surface area contributed by atoms with Crippen molar-refractivity contribution in [3.05, 3.63) is 34.9 Å². The molecule has 0 aliphatic carbocycles. The van der Waals surface area contributed by atoms with Crippen molar-refractivity contribution in [1.29, 1.82) is 0 Å². The lowest BCUT2D eigenvalue weighted by Gasteiger charge is -2.03. The Labute approximate surface area is 94.3 Å². The maximum atomic E-state index is 5.81. The summed E-state index contributed by atoms with van der Waals surface area (Å²) in [7, 11) is 0. The number of allylic oxidation sites excluding steroid dienone is 1. The summed E-state index contributed by atoms with van der Waals surface area (Å²) in [6.45, 7) is 4.18. The molecule has 0 aliphatic rings. The van der Waals surface area contributed by atoms with Gasteiger partial charge in [-0.1, -0.05) is 23.3 Å². The summed E-state index contributed by atoms with van der Waals surface area (Å²) < 4.78 is 0. The highest BCUT2D eigenvalue weighted by Crippen LogP contribution is 2.27. The monoisotopic (exact) mass is 227 g/mol. The molecule has 0 atom stereocenters. The van der Waals surface area contributed by atoms with E-state index in [0.717, 1.165) is 16.3 Å². The van der Waals surface area contributed by atoms with Gasteiger partial charge in [0, 0.05) is 21.4 Å². The van der Waals surface area contributed by atoms with Crippen LogP contribution in [-0.2, 0) is 0 Å². The fourth-order valence-electron chi connectivity index (χ4n) is 0.949. The van der Waals surface area contributed by atoms with Crippen molar-refractivity contribution in [2.75, 3.05) is 11.5 Å². The zero-order chi connectivity index (χ0) is 10.6. The molecular weight excluding hydrogens is 214 g/mol. The third kappa shape index (κ3) is 3.64. The van der Waals surface area contributed by atoms with E-state index in [1.807, 2.05) is 12.1 Å². The van der Waals surface area contributed by atoms with Gasteiger partial charge < -0.3 is 5.73 Å². The van der Waals surface area contributed by atoms with E-state index in [9.17, 15) is 0 Å². The number of nitrogen functional groups attached to an aromatic ring is 1. The van der Waals surface area contributed by atoms with Crippen molar-refractivity contribution < 1.29 is 0 Å².